The molecule has 2 aromatic carbocycles. The van der Waals surface area contributed by atoms with E-state index in [9.17, 15) is 14.0 Å². The zero-order valence-corrected chi connectivity index (χ0v) is 19.2. The molecule has 3 aromatic heterocycles. The molecule has 5 aromatic rings. The lowest BCUT2D eigenvalue weighted by Crippen LogP contribution is -2.28. The first-order valence-corrected chi connectivity index (χ1v) is 11.5. The number of halogens is 2. The Labute approximate surface area is 202 Å². The van der Waals surface area contributed by atoms with E-state index < -0.39 is 5.91 Å². The average Bonchev–Trinajstić information content (AvgIpc) is 3.45. The number of thiophene rings is 1. The minimum Gasteiger partial charge on any atom is -0.309 e. The van der Waals surface area contributed by atoms with Crippen molar-refractivity contribution in [2.75, 3.05) is 5.32 Å². The zero-order valence-electron chi connectivity index (χ0n) is 17.6. The highest BCUT2D eigenvalue weighted by Gasteiger charge is 2.16. The monoisotopic (exact) mass is 493 g/mol. The molecule has 0 fully saturated rings. The van der Waals surface area contributed by atoms with E-state index in [1.54, 1.807) is 35.1 Å². The third kappa shape index (κ3) is 4.35. The number of anilines is 1. The topological polar surface area (TPSA) is 81.8 Å². The molecule has 10 heteroatoms. The summed E-state index contributed by atoms with van der Waals surface area (Å²) in [7, 11) is 0. The van der Waals surface area contributed by atoms with Crippen molar-refractivity contribution in [3.8, 4) is 11.1 Å². The van der Waals surface area contributed by atoms with E-state index in [-0.39, 0.29) is 17.9 Å². The summed E-state index contributed by atoms with van der Waals surface area (Å²) in [6.45, 7) is 0.156. The maximum atomic E-state index is 13.3. The Bertz CT molecular complexity index is 1560. The van der Waals surface area contributed by atoms with Crippen LogP contribution in [0, 0.1) is 5.82 Å². The van der Waals surface area contributed by atoms with Gasteiger partial charge in [-0.05, 0) is 29.3 Å². The van der Waals surface area contributed by atoms with Gasteiger partial charge >= 0.3 is 0 Å². The number of rotatable bonds is 6. The van der Waals surface area contributed by atoms with E-state index >= 15 is 0 Å². The van der Waals surface area contributed by atoms with Crippen LogP contribution in [0.5, 0.6) is 0 Å². The molecular weight excluding hydrogens is 477 g/mol. The second-order valence-electron chi connectivity index (χ2n) is 7.53. The van der Waals surface area contributed by atoms with E-state index in [0.29, 0.717) is 38.7 Å². The summed E-state index contributed by atoms with van der Waals surface area (Å²) in [4.78, 5) is 30.8. The maximum absolute atomic E-state index is 13.3. The van der Waals surface area contributed by atoms with Crippen LogP contribution >= 0.6 is 22.9 Å². The van der Waals surface area contributed by atoms with Crippen LogP contribution in [0.1, 0.15) is 5.56 Å². The van der Waals surface area contributed by atoms with Crippen LogP contribution in [0.25, 0.3) is 21.3 Å². The fraction of sp³-hybridized carbons (Fsp3) is 0.0833. The molecule has 34 heavy (non-hydrogen) atoms. The third-order valence-corrected chi connectivity index (χ3v) is 6.55. The molecule has 7 nitrogen and oxygen atoms in total. The molecule has 1 amide bonds. The number of carbonyl (C=O) groups is 1. The van der Waals surface area contributed by atoms with Crippen molar-refractivity contribution in [3.63, 3.8) is 0 Å². The second kappa shape index (κ2) is 9.20. The lowest BCUT2D eigenvalue weighted by atomic mass is 10.1. The number of nitrogens with one attached hydrogen (secondary N) is 1. The Morgan fingerprint density at radius 2 is 1.91 bits per heavy atom. The van der Waals surface area contributed by atoms with Gasteiger partial charge in [-0.2, -0.15) is 5.10 Å². The fourth-order valence-corrected chi connectivity index (χ4v) is 4.71. The predicted molar refractivity (Wildman–Crippen MR) is 131 cm³/mol. The largest absolute Gasteiger partial charge is 0.309 e. The maximum Gasteiger partial charge on any atom is 0.263 e. The summed E-state index contributed by atoms with van der Waals surface area (Å²) in [6, 6.07) is 15.0. The van der Waals surface area contributed by atoms with Gasteiger partial charge in [0.25, 0.3) is 5.56 Å². The normalized spacial score (nSPS) is 11.1. The van der Waals surface area contributed by atoms with Crippen LogP contribution in [0.3, 0.4) is 0 Å². The average molecular weight is 494 g/mol. The van der Waals surface area contributed by atoms with Gasteiger partial charge in [-0.25, -0.2) is 14.1 Å². The Morgan fingerprint density at radius 3 is 2.71 bits per heavy atom. The molecule has 0 saturated heterocycles. The van der Waals surface area contributed by atoms with Crippen molar-refractivity contribution in [1.29, 1.82) is 0 Å². The van der Waals surface area contributed by atoms with Crippen LogP contribution in [-0.2, 0) is 17.9 Å². The second-order valence-corrected chi connectivity index (χ2v) is 8.79. The molecule has 0 spiro atoms. The Kier molecular flexibility index (Phi) is 5.95. The highest BCUT2D eigenvalue weighted by molar-refractivity contribution is 7.17. The minimum atomic E-state index is -0.400. The first-order chi connectivity index (χ1) is 16.5. The lowest BCUT2D eigenvalue weighted by molar-refractivity contribution is -0.116. The van der Waals surface area contributed by atoms with Gasteiger partial charge in [0, 0.05) is 22.0 Å². The summed E-state index contributed by atoms with van der Waals surface area (Å²) in [6.07, 6.45) is 2.93. The number of benzene rings is 2. The highest BCUT2D eigenvalue weighted by atomic mass is 35.5. The molecule has 1 N–H and O–H groups in total. The lowest BCUT2D eigenvalue weighted by Gasteiger charge is -2.11. The molecule has 5 rings (SSSR count). The standard InChI is InChI=1S/C24H17ClFN5O2S/c25-19-4-2-1-3-16(19)11-31-20(9-10-28-31)29-21(32)12-30-14-27-23-22(24(30)33)18(13-34-23)15-5-7-17(26)8-6-15/h1-10,13-14H,11-12H2,(H,29,32). The molecule has 3 heterocycles. The number of nitrogens with zero attached hydrogens (tertiary/aromatic N) is 4. The van der Waals surface area contributed by atoms with Gasteiger partial charge in [-0.3, -0.25) is 14.2 Å². The van der Waals surface area contributed by atoms with E-state index in [4.69, 9.17) is 11.6 Å². The fourth-order valence-electron chi connectivity index (χ4n) is 3.61. The summed E-state index contributed by atoms with van der Waals surface area (Å²) >= 11 is 7.56. The summed E-state index contributed by atoms with van der Waals surface area (Å²) < 4.78 is 16.2. The van der Waals surface area contributed by atoms with Gasteiger partial charge in [0.2, 0.25) is 5.91 Å². The predicted octanol–water partition coefficient (Wildman–Crippen LogP) is 4.80. The Hall–Kier alpha value is -3.82. The molecule has 0 aliphatic rings. The molecule has 170 valence electrons. The van der Waals surface area contributed by atoms with Crippen molar-refractivity contribution in [3.05, 3.63) is 99.3 Å². The van der Waals surface area contributed by atoms with Crippen LogP contribution in [-0.4, -0.2) is 25.2 Å². The van der Waals surface area contributed by atoms with E-state index in [0.717, 1.165) is 5.56 Å². The molecule has 0 saturated carbocycles. The molecule has 0 bridgehead atoms. The van der Waals surface area contributed by atoms with Gasteiger partial charge in [-0.1, -0.05) is 41.9 Å². The van der Waals surface area contributed by atoms with Crippen molar-refractivity contribution < 1.29 is 9.18 Å². The SMILES string of the molecule is O=C(Cn1cnc2scc(-c3ccc(F)cc3)c2c1=O)Nc1ccnn1Cc1ccccc1Cl. The first kappa shape index (κ1) is 22.0. The molecule has 0 aliphatic carbocycles. The number of amides is 1. The van der Waals surface area contributed by atoms with Gasteiger partial charge in [0.1, 0.15) is 23.0 Å². The highest BCUT2D eigenvalue weighted by Crippen LogP contribution is 2.30. The van der Waals surface area contributed by atoms with Crippen LogP contribution in [0.2, 0.25) is 5.02 Å². The summed E-state index contributed by atoms with van der Waals surface area (Å²) in [5, 5.41) is 9.86. The molecule has 0 radical (unpaired) electrons. The first-order valence-electron chi connectivity index (χ1n) is 10.3. The quantitative estimate of drug-likeness (QED) is 0.368. The van der Waals surface area contributed by atoms with Crippen LogP contribution in [0.15, 0.2) is 77.3 Å². The number of fused-ring (bicyclic) bond motifs is 1. The van der Waals surface area contributed by atoms with Crippen molar-refractivity contribution >= 4 is 44.9 Å². The van der Waals surface area contributed by atoms with Crippen LogP contribution < -0.4 is 10.9 Å². The Balaban J connectivity index is 1.38. The van der Waals surface area contributed by atoms with Gasteiger partial charge in [-0.15, -0.1) is 11.3 Å². The minimum absolute atomic E-state index is 0.224. The van der Waals surface area contributed by atoms with E-state index in [1.807, 2.05) is 23.6 Å². The summed E-state index contributed by atoms with van der Waals surface area (Å²) in [5.74, 6) is -0.276. The molecule has 0 aliphatic heterocycles. The zero-order chi connectivity index (χ0) is 23.7. The van der Waals surface area contributed by atoms with E-state index in [2.05, 4.69) is 15.4 Å². The summed E-state index contributed by atoms with van der Waals surface area (Å²) in [5.41, 5.74) is 1.88. The third-order valence-electron chi connectivity index (χ3n) is 5.29. The number of hydrogen-bond donors (Lipinski definition) is 1. The van der Waals surface area contributed by atoms with E-state index in [1.165, 1.54) is 34.4 Å². The molecule has 0 atom stereocenters. The number of aromatic nitrogens is 4. The van der Waals surface area contributed by atoms with Crippen LogP contribution in [0.4, 0.5) is 10.2 Å². The van der Waals surface area contributed by atoms with Gasteiger partial charge in [0.05, 0.1) is 24.5 Å². The van der Waals surface area contributed by atoms with Gasteiger partial charge in [0.15, 0.2) is 0 Å². The van der Waals surface area contributed by atoms with Crippen molar-refractivity contribution in [2.45, 2.75) is 13.1 Å². The van der Waals surface area contributed by atoms with Crippen molar-refractivity contribution in [2.24, 2.45) is 0 Å². The molecular formula is C24H17ClFN5O2S. The Morgan fingerprint density at radius 1 is 1.12 bits per heavy atom. The van der Waals surface area contributed by atoms with Crippen molar-refractivity contribution in [1.82, 2.24) is 19.3 Å². The number of hydrogen-bond acceptors (Lipinski definition) is 5. The smallest absolute Gasteiger partial charge is 0.263 e. The van der Waals surface area contributed by atoms with Gasteiger partial charge < -0.3 is 5.32 Å². The number of carbonyl (C=O) groups excluding carboxylic acids is 1. The molecule has 0 unspecified atom stereocenters.